The van der Waals surface area contributed by atoms with Gasteiger partial charge in [-0.2, -0.15) is 0 Å². The molecule has 2 aliphatic heterocycles. The number of carbonyl (C=O) groups excluding carboxylic acids is 1. The van der Waals surface area contributed by atoms with Gasteiger partial charge in [0.1, 0.15) is 0 Å². The maximum absolute atomic E-state index is 11.7. The van der Waals surface area contributed by atoms with Crippen LogP contribution in [-0.4, -0.2) is 18.6 Å². The molecule has 0 amide bonds. The summed E-state index contributed by atoms with van der Waals surface area (Å²) in [5, 5.41) is 3.52. The van der Waals surface area contributed by atoms with Gasteiger partial charge in [-0.1, -0.05) is 13.0 Å². The molecule has 4 rings (SSSR count). The first-order valence-electron chi connectivity index (χ1n) is 7.11. The van der Waals surface area contributed by atoms with Gasteiger partial charge in [-0.15, -0.1) is 0 Å². The molecular weight excluding hydrogens is 254 g/mol. The molecule has 4 heteroatoms. The van der Waals surface area contributed by atoms with Gasteiger partial charge in [0.05, 0.1) is 0 Å². The molecule has 3 aliphatic rings. The molecule has 2 atom stereocenters. The van der Waals surface area contributed by atoms with Crippen LogP contribution < -0.4 is 14.8 Å². The lowest BCUT2D eigenvalue weighted by atomic mass is 9.64. The van der Waals surface area contributed by atoms with Crippen molar-refractivity contribution in [3.05, 3.63) is 35.4 Å². The lowest BCUT2D eigenvalue weighted by Gasteiger charge is -2.45. The second-order valence-corrected chi connectivity index (χ2v) is 5.69. The maximum atomic E-state index is 11.7. The monoisotopic (exact) mass is 271 g/mol. The van der Waals surface area contributed by atoms with Gasteiger partial charge in [-0.25, -0.2) is 0 Å². The summed E-state index contributed by atoms with van der Waals surface area (Å²) >= 11 is 0. The number of fused-ring (bicyclic) bond motifs is 4. The minimum absolute atomic E-state index is 0.109. The van der Waals surface area contributed by atoms with Crippen LogP contribution in [-0.2, 0) is 16.8 Å². The molecule has 20 heavy (non-hydrogen) atoms. The quantitative estimate of drug-likeness (QED) is 0.849. The zero-order valence-electron chi connectivity index (χ0n) is 11.4. The molecule has 0 saturated heterocycles. The van der Waals surface area contributed by atoms with E-state index in [1.165, 1.54) is 11.1 Å². The minimum atomic E-state index is -0.109. The summed E-state index contributed by atoms with van der Waals surface area (Å²) in [5.41, 5.74) is 2.41. The average Bonchev–Trinajstić information content (AvgIpc) is 2.92. The Bertz CT molecular complexity index is 622. The molecule has 0 unspecified atom stereocenters. The minimum Gasteiger partial charge on any atom is -0.454 e. The predicted molar refractivity (Wildman–Crippen MR) is 73.9 cm³/mol. The highest BCUT2D eigenvalue weighted by Gasteiger charge is 2.44. The first-order chi connectivity index (χ1) is 9.73. The van der Waals surface area contributed by atoms with E-state index in [1.807, 2.05) is 0 Å². The zero-order chi connectivity index (χ0) is 13.7. The van der Waals surface area contributed by atoms with E-state index >= 15 is 0 Å². The number of hydrogen-bond donors (Lipinski definition) is 1. The number of allylic oxidation sites excluding steroid dienone is 1. The molecule has 104 valence electrons. The number of nitrogens with one attached hydrogen (secondary N) is 1. The van der Waals surface area contributed by atoms with E-state index < -0.39 is 0 Å². The molecule has 0 spiro atoms. The van der Waals surface area contributed by atoms with Gasteiger partial charge in [-0.05, 0) is 35.8 Å². The Kier molecular flexibility index (Phi) is 2.45. The van der Waals surface area contributed by atoms with Crippen molar-refractivity contribution in [1.82, 2.24) is 5.32 Å². The molecule has 0 fully saturated rings. The molecule has 4 nitrogen and oxygen atoms in total. The van der Waals surface area contributed by atoms with E-state index in [0.29, 0.717) is 13.2 Å². The van der Waals surface area contributed by atoms with Crippen LogP contribution in [0.25, 0.3) is 0 Å². The van der Waals surface area contributed by atoms with Crippen molar-refractivity contribution in [1.29, 1.82) is 0 Å². The van der Waals surface area contributed by atoms with Gasteiger partial charge in [0.25, 0.3) is 0 Å². The topological polar surface area (TPSA) is 47.6 Å². The summed E-state index contributed by atoms with van der Waals surface area (Å²) in [4.78, 5) is 11.7. The first kappa shape index (κ1) is 12.0. The summed E-state index contributed by atoms with van der Waals surface area (Å²) in [7, 11) is 0. The SMILES string of the molecule is CC[C@]12C=CC(=O)C[C@@H]1NCc1cc3c(cc12)OCO3. The highest BCUT2D eigenvalue weighted by atomic mass is 16.7. The standard InChI is InChI=1S/C16H17NO3/c1-2-16-4-3-11(18)6-15(16)17-8-10-5-13-14(7-12(10)16)20-9-19-13/h3-5,7,15,17H,2,6,8-9H2,1H3/t15-,16+/m0/s1. The summed E-state index contributed by atoms with van der Waals surface area (Å²) in [6.07, 6.45) is 5.34. The Balaban J connectivity index is 1.91. The van der Waals surface area contributed by atoms with E-state index in [0.717, 1.165) is 24.5 Å². The molecule has 0 saturated carbocycles. The Morgan fingerprint density at radius 3 is 2.95 bits per heavy atom. The van der Waals surface area contributed by atoms with Crippen molar-refractivity contribution >= 4 is 5.78 Å². The third-order valence-corrected chi connectivity index (χ3v) is 4.82. The Morgan fingerprint density at radius 2 is 2.15 bits per heavy atom. The smallest absolute Gasteiger partial charge is 0.231 e. The fraction of sp³-hybridized carbons (Fsp3) is 0.438. The van der Waals surface area contributed by atoms with Crippen molar-refractivity contribution in [3.63, 3.8) is 0 Å². The van der Waals surface area contributed by atoms with Crippen LogP contribution in [0.1, 0.15) is 30.9 Å². The highest BCUT2D eigenvalue weighted by Crippen LogP contribution is 2.46. The molecule has 1 aliphatic carbocycles. The van der Waals surface area contributed by atoms with Gasteiger partial charge in [-0.3, -0.25) is 4.79 Å². The summed E-state index contributed by atoms with van der Waals surface area (Å²) in [5.74, 6) is 1.85. The summed E-state index contributed by atoms with van der Waals surface area (Å²) in [6.45, 7) is 3.25. The molecular formula is C16H17NO3. The fourth-order valence-electron chi connectivity index (χ4n) is 3.69. The Labute approximate surface area is 117 Å². The molecule has 2 heterocycles. The van der Waals surface area contributed by atoms with Gasteiger partial charge in [0.15, 0.2) is 17.3 Å². The third kappa shape index (κ3) is 1.48. The second-order valence-electron chi connectivity index (χ2n) is 5.69. The van der Waals surface area contributed by atoms with Gasteiger partial charge in [0.2, 0.25) is 6.79 Å². The lowest BCUT2D eigenvalue weighted by Crippen LogP contribution is -2.53. The Morgan fingerprint density at radius 1 is 1.35 bits per heavy atom. The number of rotatable bonds is 1. The molecule has 1 aromatic carbocycles. The van der Waals surface area contributed by atoms with Crippen LogP contribution >= 0.6 is 0 Å². The third-order valence-electron chi connectivity index (χ3n) is 4.82. The molecule has 0 aromatic heterocycles. The van der Waals surface area contributed by atoms with Gasteiger partial charge < -0.3 is 14.8 Å². The number of benzene rings is 1. The molecule has 1 N–H and O–H groups in total. The van der Waals surface area contributed by atoms with Crippen molar-refractivity contribution in [2.24, 2.45) is 0 Å². The van der Waals surface area contributed by atoms with Crippen LogP contribution in [0.5, 0.6) is 11.5 Å². The van der Waals surface area contributed by atoms with Crippen LogP contribution in [0.3, 0.4) is 0 Å². The van der Waals surface area contributed by atoms with Crippen molar-refractivity contribution in [2.75, 3.05) is 6.79 Å². The summed E-state index contributed by atoms with van der Waals surface area (Å²) < 4.78 is 11.0. The van der Waals surface area contributed by atoms with E-state index in [9.17, 15) is 4.79 Å². The van der Waals surface area contributed by atoms with Gasteiger partial charge >= 0.3 is 0 Å². The fourth-order valence-corrected chi connectivity index (χ4v) is 3.69. The average molecular weight is 271 g/mol. The first-order valence-corrected chi connectivity index (χ1v) is 7.11. The Hall–Kier alpha value is -1.81. The number of ketones is 1. The zero-order valence-corrected chi connectivity index (χ0v) is 11.4. The van der Waals surface area contributed by atoms with Crippen LogP contribution in [0.15, 0.2) is 24.3 Å². The summed E-state index contributed by atoms with van der Waals surface area (Å²) in [6, 6.07) is 4.36. The van der Waals surface area contributed by atoms with E-state index in [-0.39, 0.29) is 17.2 Å². The predicted octanol–water partition coefficient (Wildman–Crippen LogP) is 2.06. The number of carbonyl (C=O) groups is 1. The molecule has 0 radical (unpaired) electrons. The van der Waals surface area contributed by atoms with E-state index in [2.05, 4.69) is 30.4 Å². The van der Waals surface area contributed by atoms with Crippen LogP contribution in [0.2, 0.25) is 0 Å². The van der Waals surface area contributed by atoms with E-state index in [4.69, 9.17) is 9.47 Å². The second kappa shape index (κ2) is 4.09. The maximum Gasteiger partial charge on any atom is 0.231 e. The van der Waals surface area contributed by atoms with Crippen LogP contribution in [0, 0.1) is 0 Å². The molecule has 1 aromatic rings. The highest BCUT2D eigenvalue weighted by molar-refractivity contribution is 5.92. The van der Waals surface area contributed by atoms with E-state index in [1.54, 1.807) is 6.08 Å². The number of hydrogen-bond acceptors (Lipinski definition) is 4. The van der Waals surface area contributed by atoms with Crippen LogP contribution in [0.4, 0.5) is 0 Å². The van der Waals surface area contributed by atoms with Crippen molar-refractivity contribution in [3.8, 4) is 11.5 Å². The number of ether oxygens (including phenoxy) is 2. The van der Waals surface area contributed by atoms with Crippen molar-refractivity contribution in [2.45, 2.75) is 37.8 Å². The van der Waals surface area contributed by atoms with Crippen molar-refractivity contribution < 1.29 is 14.3 Å². The normalized spacial score (nSPS) is 30.1. The largest absolute Gasteiger partial charge is 0.454 e. The van der Waals surface area contributed by atoms with Gasteiger partial charge in [0, 0.05) is 24.4 Å². The molecule has 0 bridgehead atoms. The lowest BCUT2D eigenvalue weighted by molar-refractivity contribution is -0.116.